The summed E-state index contributed by atoms with van der Waals surface area (Å²) in [6.45, 7) is 0. The molecule has 4 nitrogen and oxygen atoms in total. The molecule has 0 saturated carbocycles. The lowest BCUT2D eigenvalue weighted by Crippen LogP contribution is -1.99. The Kier molecular flexibility index (Phi) is 3.27. The lowest BCUT2D eigenvalue weighted by molar-refractivity contribution is 1.22. The Hall–Kier alpha value is -3.14. The molecular weight excluding hydrogens is 284 g/mol. The first kappa shape index (κ1) is 13.5. The van der Waals surface area contributed by atoms with Gasteiger partial charge in [0.25, 0.3) is 0 Å². The number of aromatic nitrogens is 3. The molecule has 0 aliphatic rings. The van der Waals surface area contributed by atoms with Gasteiger partial charge in [0.1, 0.15) is 11.4 Å². The summed E-state index contributed by atoms with van der Waals surface area (Å²) in [5.74, 6) is 0. The van der Waals surface area contributed by atoms with Crippen LogP contribution in [0.2, 0.25) is 0 Å². The van der Waals surface area contributed by atoms with Crippen molar-refractivity contribution < 1.29 is 0 Å². The molecule has 2 heterocycles. The van der Waals surface area contributed by atoms with E-state index in [0.717, 1.165) is 38.9 Å². The minimum Gasteiger partial charge on any atom is -0.294 e. The average molecular weight is 298 g/mol. The summed E-state index contributed by atoms with van der Waals surface area (Å²) < 4.78 is 0. The number of aliphatic imine (C=N–C) groups is 1. The van der Waals surface area contributed by atoms with E-state index in [1.807, 2.05) is 30.3 Å². The Morgan fingerprint density at radius 1 is 0.870 bits per heavy atom. The highest BCUT2D eigenvalue weighted by Gasteiger charge is 2.11. The van der Waals surface area contributed by atoms with Gasteiger partial charge in [-0.3, -0.25) is 9.98 Å². The third-order valence-corrected chi connectivity index (χ3v) is 3.72. The summed E-state index contributed by atoms with van der Waals surface area (Å²) in [5, 5.41) is 2.30. The summed E-state index contributed by atoms with van der Waals surface area (Å²) in [7, 11) is 1.73. The van der Waals surface area contributed by atoms with Gasteiger partial charge < -0.3 is 0 Å². The molecule has 2 aromatic carbocycles. The molecule has 0 aliphatic carbocycles. The first-order valence-corrected chi connectivity index (χ1v) is 7.39. The Morgan fingerprint density at radius 2 is 1.57 bits per heavy atom. The fraction of sp³-hybridized carbons (Fsp3) is 0.0526. The van der Waals surface area contributed by atoms with Gasteiger partial charge in [0, 0.05) is 19.5 Å². The van der Waals surface area contributed by atoms with Crippen LogP contribution in [0, 0.1) is 0 Å². The van der Waals surface area contributed by atoms with E-state index in [4.69, 9.17) is 9.97 Å². The largest absolute Gasteiger partial charge is 0.294 e. The highest BCUT2D eigenvalue weighted by atomic mass is 14.9. The Balaban J connectivity index is 2.04. The molecule has 0 N–H and O–H groups in total. The van der Waals surface area contributed by atoms with E-state index < -0.39 is 0 Å². The topological polar surface area (TPSA) is 51.0 Å². The van der Waals surface area contributed by atoms with E-state index in [1.54, 1.807) is 19.5 Å². The fourth-order valence-corrected chi connectivity index (χ4v) is 2.66. The van der Waals surface area contributed by atoms with Gasteiger partial charge in [0.05, 0.1) is 16.7 Å². The Labute approximate surface area is 133 Å². The first-order chi connectivity index (χ1) is 11.3. The summed E-state index contributed by atoms with van der Waals surface area (Å²) in [5.41, 5.74) is 3.99. The maximum Gasteiger partial charge on any atom is 0.117 e. The predicted molar refractivity (Wildman–Crippen MR) is 93.8 cm³/mol. The van der Waals surface area contributed by atoms with E-state index in [1.165, 1.54) is 0 Å². The van der Waals surface area contributed by atoms with Crippen LogP contribution in [0.15, 0.2) is 65.8 Å². The third kappa shape index (κ3) is 2.44. The number of pyridine rings is 1. The highest BCUT2D eigenvalue weighted by Crippen LogP contribution is 2.24. The molecule has 4 heteroatoms. The van der Waals surface area contributed by atoms with Crippen LogP contribution in [0.5, 0.6) is 0 Å². The molecule has 0 saturated heterocycles. The van der Waals surface area contributed by atoms with E-state index in [9.17, 15) is 0 Å². The molecule has 0 fully saturated rings. The minimum atomic E-state index is 0.731. The number of nitrogens with zero attached hydrogens (tertiary/aromatic N) is 4. The number of hydrogen-bond donors (Lipinski definition) is 0. The lowest BCUT2D eigenvalue weighted by Gasteiger charge is -2.07. The maximum absolute atomic E-state index is 4.80. The van der Waals surface area contributed by atoms with Crippen molar-refractivity contribution in [2.45, 2.75) is 0 Å². The van der Waals surface area contributed by atoms with Crippen LogP contribution in [0.4, 0.5) is 0 Å². The van der Waals surface area contributed by atoms with Crippen LogP contribution in [0.3, 0.4) is 0 Å². The van der Waals surface area contributed by atoms with Crippen LogP contribution in [0.1, 0.15) is 5.69 Å². The van der Waals surface area contributed by atoms with Gasteiger partial charge >= 0.3 is 0 Å². The van der Waals surface area contributed by atoms with Crippen molar-refractivity contribution in [2.75, 3.05) is 7.05 Å². The minimum absolute atomic E-state index is 0.731. The molecule has 4 aromatic rings. The third-order valence-electron chi connectivity index (χ3n) is 3.72. The van der Waals surface area contributed by atoms with Crippen molar-refractivity contribution >= 4 is 28.0 Å². The lowest BCUT2D eigenvalue weighted by atomic mass is 10.1. The molecule has 23 heavy (non-hydrogen) atoms. The zero-order valence-electron chi connectivity index (χ0n) is 12.6. The smallest absolute Gasteiger partial charge is 0.117 e. The van der Waals surface area contributed by atoms with Crippen LogP contribution in [-0.2, 0) is 0 Å². The normalized spacial score (nSPS) is 11.5. The van der Waals surface area contributed by atoms with Crippen LogP contribution >= 0.6 is 0 Å². The summed E-state index contributed by atoms with van der Waals surface area (Å²) in [6.07, 6.45) is 3.49. The number of rotatable bonds is 2. The van der Waals surface area contributed by atoms with Gasteiger partial charge in [0.2, 0.25) is 0 Å². The van der Waals surface area contributed by atoms with Crippen molar-refractivity contribution in [1.29, 1.82) is 0 Å². The van der Waals surface area contributed by atoms with Crippen LogP contribution < -0.4 is 0 Å². The molecule has 2 aromatic heterocycles. The quantitative estimate of drug-likeness (QED) is 0.416. The predicted octanol–water partition coefficient (Wildman–Crippen LogP) is 3.89. The SMILES string of the molecule is CN=Cc1nc2cc3ccccc3cc2nc1-c1ccccn1. The molecular formula is C19H14N4. The summed E-state index contributed by atoms with van der Waals surface area (Å²) in [4.78, 5) is 18.0. The van der Waals surface area contributed by atoms with Crippen molar-refractivity contribution in [1.82, 2.24) is 15.0 Å². The fourth-order valence-electron chi connectivity index (χ4n) is 2.66. The zero-order chi connectivity index (χ0) is 15.6. The Morgan fingerprint density at radius 3 is 2.22 bits per heavy atom. The molecule has 0 radical (unpaired) electrons. The second-order valence-electron chi connectivity index (χ2n) is 5.25. The molecule has 0 bridgehead atoms. The van der Waals surface area contributed by atoms with Crippen molar-refractivity contribution in [3.8, 4) is 11.4 Å². The van der Waals surface area contributed by atoms with Crippen LogP contribution in [0.25, 0.3) is 33.2 Å². The second-order valence-corrected chi connectivity index (χ2v) is 5.25. The number of benzene rings is 2. The zero-order valence-corrected chi connectivity index (χ0v) is 12.6. The van der Waals surface area contributed by atoms with Gasteiger partial charge in [0.15, 0.2) is 0 Å². The maximum atomic E-state index is 4.80. The van der Waals surface area contributed by atoms with Crippen molar-refractivity contribution in [2.24, 2.45) is 4.99 Å². The van der Waals surface area contributed by atoms with Crippen molar-refractivity contribution in [3.63, 3.8) is 0 Å². The van der Waals surface area contributed by atoms with Crippen LogP contribution in [-0.4, -0.2) is 28.2 Å². The van der Waals surface area contributed by atoms with Gasteiger partial charge in [-0.25, -0.2) is 9.97 Å². The monoisotopic (exact) mass is 298 g/mol. The first-order valence-electron chi connectivity index (χ1n) is 7.39. The molecule has 0 unspecified atom stereocenters. The molecule has 110 valence electrons. The van der Waals surface area contributed by atoms with Crippen molar-refractivity contribution in [3.05, 3.63) is 66.5 Å². The second kappa shape index (κ2) is 5.57. The summed E-state index contributed by atoms with van der Waals surface area (Å²) in [6, 6.07) is 18.1. The molecule has 0 spiro atoms. The molecule has 0 aliphatic heterocycles. The molecule has 4 rings (SSSR count). The molecule has 0 amide bonds. The standard InChI is InChI=1S/C19H14N4/c1-20-12-18-19(15-8-4-5-9-21-15)23-17-11-14-7-3-2-6-13(14)10-16(17)22-18/h2-12H,1H3. The number of hydrogen-bond acceptors (Lipinski definition) is 4. The van der Waals surface area contributed by atoms with E-state index in [0.29, 0.717) is 0 Å². The number of fused-ring (bicyclic) bond motifs is 2. The van der Waals surface area contributed by atoms with Gasteiger partial charge in [-0.15, -0.1) is 0 Å². The van der Waals surface area contributed by atoms with E-state index >= 15 is 0 Å². The summed E-state index contributed by atoms with van der Waals surface area (Å²) >= 11 is 0. The van der Waals surface area contributed by atoms with E-state index in [-0.39, 0.29) is 0 Å². The molecule has 0 atom stereocenters. The van der Waals surface area contributed by atoms with Gasteiger partial charge in [-0.1, -0.05) is 30.3 Å². The highest BCUT2D eigenvalue weighted by molar-refractivity contribution is 5.97. The van der Waals surface area contributed by atoms with Gasteiger partial charge in [-0.05, 0) is 35.0 Å². The average Bonchev–Trinajstić information content (AvgIpc) is 2.60. The van der Waals surface area contributed by atoms with E-state index in [2.05, 4.69) is 34.2 Å². The Bertz CT molecular complexity index is 1020. The van der Waals surface area contributed by atoms with Gasteiger partial charge in [-0.2, -0.15) is 0 Å².